The number of aliphatic hydroxyl groups excluding tert-OH is 2. The van der Waals surface area contributed by atoms with Gasteiger partial charge in [-0.15, -0.1) is 0 Å². The second-order valence-corrected chi connectivity index (χ2v) is 17.9. The average Bonchev–Trinajstić information content (AvgIpc) is 4.14. The molecule has 2 aromatic heterocycles. The SMILES string of the molecule is COc1cccc2[nH]c(C(=O)NC(CC(C)C)C(=O)NC(C[C@@H]3CCNC3=O)C(=O)CO)cc12.COc1cccc2[nH]c(C(=O)NC(CC(C)C)C(=O)NC(C[C@@H]3CCNC3=O)C(=O)CO)cc12. The van der Waals surface area contributed by atoms with Crippen molar-refractivity contribution in [3.05, 3.63) is 59.9 Å². The molecule has 4 heterocycles. The lowest BCUT2D eigenvalue weighted by molar-refractivity contribution is -0.131. The highest BCUT2D eigenvalue weighted by Gasteiger charge is 2.35. The molecule has 0 spiro atoms. The number of H-pyrrole nitrogens is 2. The van der Waals surface area contributed by atoms with Gasteiger partial charge in [-0.1, -0.05) is 39.8 Å². The number of methoxy groups -OCH3 is 2. The summed E-state index contributed by atoms with van der Waals surface area (Å²) in [5, 5.41) is 36.4. The van der Waals surface area contributed by atoms with Gasteiger partial charge >= 0.3 is 0 Å². The van der Waals surface area contributed by atoms with Crippen LogP contribution in [0.25, 0.3) is 21.8 Å². The maximum atomic E-state index is 13.1. The predicted molar refractivity (Wildman–Crippen MR) is 251 cm³/mol. The first-order chi connectivity index (χ1) is 32.5. The molecule has 68 heavy (non-hydrogen) atoms. The van der Waals surface area contributed by atoms with Crippen LogP contribution < -0.4 is 41.4 Å². The zero-order valence-corrected chi connectivity index (χ0v) is 39.3. The van der Waals surface area contributed by atoms with Crippen molar-refractivity contribution in [1.82, 2.24) is 41.9 Å². The molecule has 6 atom stereocenters. The van der Waals surface area contributed by atoms with E-state index in [2.05, 4.69) is 41.9 Å². The van der Waals surface area contributed by atoms with Crippen molar-refractivity contribution in [1.29, 1.82) is 0 Å². The Morgan fingerprint density at radius 1 is 0.603 bits per heavy atom. The summed E-state index contributed by atoms with van der Waals surface area (Å²) in [6.07, 6.45) is 1.98. The number of amides is 6. The minimum absolute atomic E-state index is 0.0754. The molecule has 4 unspecified atom stereocenters. The Morgan fingerprint density at radius 2 is 0.985 bits per heavy atom. The molecule has 20 nitrogen and oxygen atoms in total. The Kier molecular flexibility index (Phi) is 18.6. The van der Waals surface area contributed by atoms with Crippen LogP contribution >= 0.6 is 0 Å². The van der Waals surface area contributed by atoms with Gasteiger partial charge in [0.15, 0.2) is 11.6 Å². The molecule has 10 N–H and O–H groups in total. The van der Waals surface area contributed by atoms with Crippen LogP contribution in [-0.2, 0) is 28.8 Å². The first-order valence-electron chi connectivity index (χ1n) is 22.8. The monoisotopic (exact) mass is 944 g/mol. The summed E-state index contributed by atoms with van der Waals surface area (Å²) in [5.74, 6) is -2.98. The van der Waals surface area contributed by atoms with E-state index in [1.165, 1.54) is 0 Å². The number of fused-ring (bicyclic) bond motifs is 2. The largest absolute Gasteiger partial charge is 0.496 e. The maximum absolute atomic E-state index is 13.1. The van der Waals surface area contributed by atoms with Crippen LogP contribution in [0.4, 0.5) is 0 Å². The van der Waals surface area contributed by atoms with Crippen molar-refractivity contribution < 1.29 is 58.0 Å². The minimum atomic E-state index is -1.02. The number of aromatic nitrogens is 2. The maximum Gasteiger partial charge on any atom is 0.268 e. The van der Waals surface area contributed by atoms with Crippen molar-refractivity contribution in [3.63, 3.8) is 0 Å². The van der Waals surface area contributed by atoms with E-state index in [-0.39, 0.29) is 47.9 Å². The number of ether oxygens (including phenoxy) is 2. The molecule has 0 aliphatic carbocycles. The molecule has 2 saturated heterocycles. The Bertz CT molecular complexity index is 2290. The first kappa shape index (κ1) is 52.2. The number of hydrogen-bond acceptors (Lipinski definition) is 12. The van der Waals surface area contributed by atoms with E-state index in [4.69, 9.17) is 9.47 Å². The number of ketones is 2. The van der Waals surface area contributed by atoms with Gasteiger partial charge in [0.05, 0.1) is 26.3 Å². The summed E-state index contributed by atoms with van der Waals surface area (Å²) in [6.45, 7) is 7.18. The highest BCUT2D eigenvalue weighted by Crippen LogP contribution is 2.28. The molecule has 0 bridgehead atoms. The Balaban J connectivity index is 0.000000254. The molecule has 2 fully saturated rings. The van der Waals surface area contributed by atoms with Gasteiger partial charge in [-0.2, -0.15) is 0 Å². The summed E-state index contributed by atoms with van der Waals surface area (Å²) >= 11 is 0. The summed E-state index contributed by atoms with van der Waals surface area (Å²) in [4.78, 5) is 107. The van der Waals surface area contributed by atoms with Gasteiger partial charge in [-0.05, 0) is 86.8 Å². The van der Waals surface area contributed by atoms with E-state index in [0.29, 0.717) is 50.3 Å². The van der Waals surface area contributed by atoms with Crippen molar-refractivity contribution in [2.75, 3.05) is 40.5 Å². The van der Waals surface area contributed by atoms with Gasteiger partial charge < -0.3 is 61.6 Å². The average molecular weight is 945 g/mol. The van der Waals surface area contributed by atoms with Gasteiger partial charge in [-0.3, -0.25) is 38.4 Å². The molecule has 0 radical (unpaired) electrons. The normalized spacial score (nSPS) is 17.3. The van der Waals surface area contributed by atoms with Crippen molar-refractivity contribution in [2.24, 2.45) is 23.7 Å². The first-order valence-corrected chi connectivity index (χ1v) is 22.8. The van der Waals surface area contributed by atoms with E-state index >= 15 is 0 Å². The van der Waals surface area contributed by atoms with E-state index in [1.807, 2.05) is 39.8 Å². The zero-order valence-electron chi connectivity index (χ0n) is 39.3. The number of nitrogens with one attached hydrogen (secondary N) is 8. The topological polar surface area (TPSA) is 299 Å². The number of rotatable bonds is 22. The Hall–Kier alpha value is -6.80. The second kappa shape index (κ2) is 24.3. The summed E-state index contributed by atoms with van der Waals surface area (Å²) < 4.78 is 10.7. The molecule has 20 heteroatoms. The zero-order chi connectivity index (χ0) is 49.7. The standard InChI is InChI=1S/2C24H32N4O6/c2*1-13(2)9-18(23(32)27-17(20(30)12-29)10-14-7-8-25-22(14)31)28-24(33)19-11-15-16(26-19)5-4-6-21(15)34-3/h2*4-6,11,13-14,17-18,26,29H,7-10,12H2,1-3H3,(H,25,31)(H,27,32)(H,28,33)/t2*14-,17?,18?/m00/s1. The summed E-state index contributed by atoms with van der Waals surface area (Å²) in [7, 11) is 3.09. The molecule has 368 valence electrons. The third-order valence-corrected chi connectivity index (χ3v) is 11.9. The van der Waals surface area contributed by atoms with Crippen LogP contribution in [0.1, 0.15) is 87.2 Å². The number of benzene rings is 2. The fourth-order valence-corrected chi connectivity index (χ4v) is 8.35. The minimum Gasteiger partial charge on any atom is -0.496 e. The molecule has 2 aliphatic rings. The van der Waals surface area contributed by atoms with E-state index in [0.717, 1.165) is 21.8 Å². The molecule has 2 aromatic carbocycles. The second-order valence-electron chi connectivity index (χ2n) is 17.9. The fourth-order valence-electron chi connectivity index (χ4n) is 8.35. The lowest BCUT2D eigenvalue weighted by atomic mass is 9.95. The number of aromatic amines is 2. The predicted octanol–water partition coefficient (Wildman–Crippen LogP) is 1.79. The van der Waals surface area contributed by atoms with Crippen LogP contribution in [-0.4, -0.2) is 132 Å². The van der Waals surface area contributed by atoms with Gasteiger partial charge in [-0.25, -0.2) is 0 Å². The molecule has 0 saturated carbocycles. The van der Waals surface area contributed by atoms with E-state index < -0.39 is 84.4 Å². The van der Waals surface area contributed by atoms with Gasteiger partial charge in [0.25, 0.3) is 11.8 Å². The van der Waals surface area contributed by atoms with Crippen LogP contribution in [0, 0.1) is 23.7 Å². The van der Waals surface area contributed by atoms with Crippen molar-refractivity contribution in [2.45, 2.75) is 90.4 Å². The van der Waals surface area contributed by atoms with Crippen LogP contribution in [0.2, 0.25) is 0 Å². The number of carbonyl (C=O) groups is 8. The van der Waals surface area contributed by atoms with Gasteiger partial charge in [0, 0.05) is 46.7 Å². The molecule has 6 amide bonds. The molecular formula is C48H64N8O12. The Morgan fingerprint density at radius 3 is 1.29 bits per heavy atom. The highest BCUT2D eigenvalue weighted by molar-refractivity contribution is 6.03. The van der Waals surface area contributed by atoms with Crippen LogP contribution in [0.3, 0.4) is 0 Å². The molecular weight excluding hydrogens is 881 g/mol. The highest BCUT2D eigenvalue weighted by atomic mass is 16.5. The number of Topliss-reactive ketones (excluding diaryl/α,β-unsaturated/α-hetero) is 2. The molecule has 2 aliphatic heterocycles. The Labute approximate surface area is 393 Å². The number of carbonyl (C=O) groups excluding carboxylic acids is 8. The quantitative estimate of drug-likeness (QED) is 0.0540. The van der Waals surface area contributed by atoms with Crippen molar-refractivity contribution in [3.8, 4) is 11.5 Å². The van der Waals surface area contributed by atoms with Gasteiger partial charge in [0.2, 0.25) is 23.6 Å². The van der Waals surface area contributed by atoms with Crippen LogP contribution in [0.5, 0.6) is 11.5 Å². The lowest BCUT2D eigenvalue weighted by Crippen LogP contribution is -2.53. The van der Waals surface area contributed by atoms with E-state index in [9.17, 15) is 48.6 Å². The number of aliphatic hydroxyl groups is 2. The van der Waals surface area contributed by atoms with Gasteiger partial charge in [0.1, 0.15) is 48.2 Å². The fraction of sp³-hybridized carbons (Fsp3) is 0.500. The third kappa shape index (κ3) is 13.7. The molecule has 6 rings (SSSR count). The van der Waals surface area contributed by atoms with Crippen molar-refractivity contribution >= 4 is 68.8 Å². The molecule has 4 aromatic rings. The number of hydrogen-bond donors (Lipinski definition) is 10. The lowest BCUT2D eigenvalue weighted by Gasteiger charge is -2.24. The summed E-state index contributed by atoms with van der Waals surface area (Å²) in [6, 6.07) is 10.3. The smallest absolute Gasteiger partial charge is 0.268 e. The third-order valence-electron chi connectivity index (χ3n) is 11.9. The van der Waals surface area contributed by atoms with Crippen LogP contribution in [0.15, 0.2) is 48.5 Å². The summed E-state index contributed by atoms with van der Waals surface area (Å²) in [5.41, 5.74) is 1.98. The van der Waals surface area contributed by atoms with E-state index in [1.54, 1.807) is 50.6 Å².